The third kappa shape index (κ3) is 0.409. The minimum atomic E-state index is -0.0231. The third-order valence-electron chi connectivity index (χ3n) is 1.92. The highest BCUT2D eigenvalue weighted by Gasteiger charge is 2.46. The van der Waals surface area contributed by atoms with E-state index >= 15 is 0 Å². The Labute approximate surface area is 42.5 Å². The fourth-order valence-electron chi connectivity index (χ4n) is 1.36. The van der Waals surface area contributed by atoms with Crippen LogP contribution in [0.4, 0.5) is 0 Å². The van der Waals surface area contributed by atoms with Gasteiger partial charge in [-0.05, 0) is 12.8 Å². The second kappa shape index (κ2) is 1.01. The summed E-state index contributed by atoms with van der Waals surface area (Å²) in [5.41, 5.74) is 0. The maximum atomic E-state index is 8.98. The maximum absolute atomic E-state index is 8.98. The molecule has 0 amide bonds. The fraction of sp³-hybridized carbons (Fsp3) is 1.00. The molecule has 1 heterocycles. The zero-order valence-electron chi connectivity index (χ0n) is 4.09. The highest BCUT2D eigenvalue weighted by molar-refractivity contribution is 5.08. The van der Waals surface area contributed by atoms with Gasteiger partial charge in [0.15, 0.2) is 0 Å². The minimum absolute atomic E-state index is 0.0231. The van der Waals surface area contributed by atoms with E-state index in [0.29, 0.717) is 12.1 Å². The van der Waals surface area contributed by atoms with Crippen molar-refractivity contribution in [2.75, 3.05) is 0 Å². The first-order chi connectivity index (χ1) is 3.38. The van der Waals surface area contributed by atoms with Gasteiger partial charge in [-0.25, -0.2) is 0 Å². The van der Waals surface area contributed by atoms with Crippen molar-refractivity contribution >= 4 is 0 Å². The Morgan fingerprint density at radius 1 is 1.43 bits per heavy atom. The van der Waals surface area contributed by atoms with Gasteiger partial charge in [-0.1, -0.05) is 0 Å². The smallest absolute Gasteiger partial charge is 0.0709 e. The van der Waals surface area contributed by atoms with Crippen LogP contribution in [-0.4, -0.2) is 23.3 Å². The summed E-state index contributed by atoms with van der Waals surface area (Å²) in [4.78, 5) is 0. The SMILES string of the molecule is O[C@H]1CC[C@H]2N[C@H]12. The molecule has 0 spiro atoms. The molecule has 1 aliphatic carbocycles. The van der Waals surface area contributed by atoms with Gasteiger partial charge in [-0.3, -0.25) is 0 Å². The molecule has 1 saturated carbocycles. The van der Waals surface area contributed by atoms with Crippen molar-refractivity contribution < 1.29 is 5.11 Å². The van der Waals surface area contributed by atoms with E-state index in [9.17, 15) is 0 Å². The van der Waals surface area contributed by atoms with E-state index in [4.69, 9.17) is 5.11 Å². The van der Waals surface area contributed by atoms with Crippen LogP contribution >= 0.6 is 0 Å². The van der Waals surface area contributed by atoms with E-state index in [0.717, 1.165) is 6.42 Å². The van der Waals surface area contributed by atoms with E-state index < -0.39 is 0 Å². The molecule has 40 valence electrons. The first-order valence-electron chi connectivity index (χ1n) is 2.82. The average molecular weight is 99.1 g/mol. The van der Waals surface area contributed by atoms with Crippen molar-refractivity contribution in [3.05, 3.63) is 0 Å². The first-order valence-corrected chi connectivity index (χ1v) is 2.82. The molecule has 7 heavy (non-hydrogen) atoms. The van der Waals surface area contributed by atoms with Gasteiger partial charge < -0.3 is 10.4 Å². The van der Waals surface area contributed by atoms with Crippen LogP contribution in [0.25, 0.3) is 0 Å². The summed E-state index contributed by atoms with van der Waals surface area (Å²) in [6.45, 7) is 0. The minimum Gasteiger partial charge on any atom is -0.391 e. The molecule has 0 aromatic carbocycles. The van der Waals surface area contributed by atoms with Crippen LogP contribution in [0.2, 0.25) is 0 Å². The van der Waals surface area contributed by atoms with Crippen molar-refractivity contribution in [3.63, 3.8) is 0 Å². The number of fused-ring (bicyclic) bond motifs is 1. The number of hydrogen-bond acceptors (Lipinski definition) is 2. The lowest BCUT2D eigenvalue weighted by atomic mass is 10.3. The van der Waals surface area contributed by atoms with Gasteiger partial charge >= 0.3 is 0 Å². The Bertz CT molecular complexity index is 94.1. The Kier molecular flexibility index (Phi) is 0.557. The van der Waals surface area contributed by atoms with Crippen molar-refractivity contribution in [1.82, 2.24) is 5.32 Å². The van der Waals surface area contributed by atoms with Gasteiger partial charge in [0, 0.05) is 12.1 Å². The standard InChI is InChI=1S/C5H9NO/c7-4-2-1-3-5(4)6-3/h3-7H,1-2H2/t3-,4+,5+/m1/s1. The number of nitrogens with one attached hydrogen (secondary N) is 1. The lowest BCUT2D eigenvalue weighted by Crippen LogP contribution is -2.12. The molecular formula is C5H9NO. The summed E-state index contributed by atoms with van der Waals surface area (Å²) < 4.78 is 0. The molecule has 1 saturated heterocycles. The monoisotopic (exact) mass is 99.1 g/mol. The molecule has 0 radical (unpaired) electrons. The van der Waals surface area contributed by atoms with E-state index in [2.05, 4.69) is 5.32 Å². The number of hydrogen-bond donors (Lipinski definition) is 2. The first kappa shape index (κ1) is 3.87. The highest BCUT2D eigenvalue weighted by atomic mass is 16.3. The van der Waals surface area contributed by atoms with Gasteiger partial charge in [0.05, 0.1) is 6.10 Å². The van der Waals surface area contributed by atoms with Crippen molar-refractivity contribution in [2.45, 2.75) is 31.0 Å². The second-order valence-corrected chi connectivity index (χ2v) is 2.44. The van der Waals surface area contributed by atoms with Crippen LogP contribution in [0, 0.1) is 0 Å². The summed E-state index contributed by atoms with van der Waals surface area (Å²) in [5.74, 6) is 0. The lowest BCUT2D eigenvalue weighted by Gasteiger charge is -1.97. The van der Waals surface area contributed by atoms with E-state index in [1.54, 1.807) is 0 Å². The number of aliphatic hydroxyl groups excluding tert-OH is 1. The molecule has 2 nitrogen and oxygen atoms in total. The summed E-state index contributed by atoms with van der Waals surface area (Å²) >= 11 is 0. The predicted octanol–water partition coefficient (Wildman–Crippen LogP) is -0.519. The molecule has 2 heteroatoms. The zero-order chi connectivity index (χ0) is 4.85. The maximum Gasteiger partial charge on any atom is 0.0709 e. The van der Waals surface area contributed by atoms with Crippen LogP contribution in [0.1, 0.15) is 12.8 Å². The molecule has 0 aromatic rings. The largest absolute Gasteiger partial charge is 0.391 e. The number of aliphatic hydroxyl groups is 1. The third-order valence-corrected chi connectivity index (χ3v) is 1.92. The van der Waals surface area contributed by atoms with E-state index in [1.165, 1.54) is 6.42 Å². The summed E-state index contributed by atoms with van der Waals surface area (Å²) in [6, 6.07) is 1.18. The molecule has 2 fully saturated rings. The van der Waals surface area contributed by atoms with E-state index in [-0.39, 0.29) is 6.10 Å². The van der Waals surface area contributed by atoms with Gasteiger partial charge in [0.2, 0.25) is 0 Å². The Morgan fingerprint density at radius 3 is 2.43 bits per heavy atom. The molecule has 2 N–H and O–H groups in total. The topological polar surface area (TPSA) is 42.2 Å². The molecule has 1 aliphatic heterocycles. The van der Waals surface area contributed by atoms with Crippen molar-refractivity contribution in [2.24, 2.45) is 0 Å². The van der Waals surface area contributed by atoms with Crippen LogP contribution in [0.15, 0.2) is 0 Å². The second-order valence-electron chi connectivity index (χ2n) is 2.44. The van der Waals surface area contributed by atoms with Crippen molar-refractivity contribution in [3.8, 4) is 0 Å². The molecule has 3 atom stereocenters. The normalized spacial score (nSPS) is 57.0. The molecule has 2 aliphatic rings. The molecular weight excluding hydrogens is 90.1 g/mol. The van der Waals surface area contributed by atoms with Gasteiger partial charge in [-0.15, -0.1) is 0 Å². The van der Waals surface area contributed by atoms with Crippen LogP contribution < -0.4 is 5.32 Å². The van der Waals surface area contributed by atoms with Crippen molar-refractivity contribution in [1.29, 1.82) is 0 Å². The Morgan fingerprint density at radius 2 is 2.29 bits per heavy atom. The quantitative estimate of drug-likeness (QED) is 0.401. The van der Waals surface area contributed by atoms with Gasteiger partial charge in [-0.2, -0.15) is 0 Å². The Hall–Kier alpha value is -0.0800. The van der Waals surface area contributed by atoms with E-state index in [1.807, 2.05) is 0 Å². The number of piperidine rings is 1. The van der Waals surface area contributed by atoms with Crippen LogP contribution in [-0.2, 0) is 0 Å². The predicted molar refractivity (Wildman–Crippen MR) is 26.0 cm³/mol. The van der Waals surface area contributed by atoms with Crippen LogP contribution in [0.3, 0.4) is 0 Å². The van der Waals surface area contributed by atoms with Crippen LogP contribution in [0.5, 0.6) is 0 Å². The summed E-state index contributed by atoms with van der Waals surface area (Å²) in [6.07, 6.45) is 2.18. The fourth-order valence-corrected chi connectivity index (χ4v) is 1.36. The molecule has 0 unspecified atom stereocenters. The van der Waals surface area contributed by atoms with Gasteiger partial charge in [0.1, 0.15) is 0 Å². The average Bonchev–Trinajstić information content (AvgIpc) is 2.33. The highest BCUT2D eigenvalue weighted by Crippen LogP contribution is 2.30. The lowest BCUT2D eigenvalue weighted by molar-refractivity contribution is 0.176. The number of rotatable bonds is 0. The molecule has 0 bridgehead atoms. The summed E-state index contributed by atoms with van der Waals surface area (Å²) in [5, 5.41) is 12.1. The molecule has 0 aromatic heterocycles. The summed E-state index contributed by atoms with van der Waals surface area (Å²) in [7, 11) is 0. The molecule has 2 rings (SSSR count). The zero-order valence-corrected chi connectivity index (χ0v) is 4.09. The van der Waals surface area contributed by atoms with Gasteiger partial charge in [0.25, 0.3) is 0 Å². The Balaban J connectivity index is 2.08.